The van der Waals surface area contributed by atoms with E-state index < -0.39 is 10.1 Å². The van der Waals surface area contributed by atoms with E-state index in [9.17, 15) is 13.2 Å². The monoisotopic (exact) mass is 558 g/mol. The SMILES string of the molecule is CC(=O)N1CC(C)(C)Cc2cc(CCCN3CCN(c4nsc5ccccc45)CC3)ccc21.CS(=O)(=O)O. The van der Waals surface area contributed by atoms with Crippen LogP contribution in [-0.2, 0) is 27.8 Å². The number of fused-ring (bicyclic) bond motifs is 2. The Bertz CT molecular complexity index is 1370. The summed E-state index contributed by atoms with van der Waals surface area (Å²) in [5, 5.41) is 1.29. The number of carbonyl (C=O) groups is 1. The number of hydrogen-bond donors (Lipinski definition) is 1. The maximum Gasteiger partial charge on any atom is 0.261 e. The number of piperazine rings is 1. The van der Waals surface area contributed by atoms with Crippen molar-refractivity contribution in [3.05, 3.63) is 53.6 Å². The number of carbonyl (C=O) groups excluding carboxylic acids is 1. The van der Waals surface area contributed by atoms with Gasteiger partial charge in [-0.3, -0.25) is 14.2 Å². The van der Waals surface area contributed by atoms with Crippen LogP contribution in [0, 0.1) is 5.41 Å². The predicted octanol–water partition coefficient (Wildman–Crippen LogP) is 4.49. The van der Waals surface area contributed by atoms with Gasteiger partial charge in [-0.2, -0.15) is 12.8 Å². The molecule has 1 fully saturated rings. The first-order valence-corrected chi connectivity index (χ1v) is 15.7. The zero-order valence-electron chi connectivity index (χ0n) is 22.7. The molecule has 0 spiro atoms. The Labute approximate surface area is 230 Å². The van der Waals surface area contributed by atoms with E-state index in [-0.39, 0.29) is 11.3 Å². The van der Waals surface area contributed by atoms with Crippen LogP contribution in [0.3, 0.4) is 0 Å². The molecule has 38 heavy (non-hydrogen) atoms. The molecule has 0 radical (unpaired) electrons. The molecule has 3 heterocycles. The van der Waals surface area contributed by atoms with Crippen LogP contribution < -0.4 is 9.80 Å². The summed E-state index contributed by atoms with van der Waals surface area (Å²) in [4.78, 5) is 19.1. The van der Waals surface area contributed by atoms with Crippen LogP contribution in [0.2, 0.25) is 0 Å². The van der Waals surface area contributed by atoms with Crippen molar-refractivity contribution in [2.45, 2.75) is 40.0 Å². The van der Waals surface area contributed by atoms with Crippen molar-refractivity contribution in [2.75, 3.05) is 55.3 Å². The normalized spacial score (nSPS) is 17.6. The average Bonchev–Trinajstić information content (AvgIpc) is 3.26. The molecule has 2 aliphatic heterocycles. The van der Waals surface area contributed by atoms with Crippen molar-refractivity contribution in [3.8, 4) is 0 Å². The molecule has 1 aromatic heterocycles. The molecule has 2 aliphatic rings. The Kier molecular flexibility index (Phi) is 8.76. The van der Waals surface area contributed by atoms with Crippen LogP contribution >= 0.6 is 11.5 Å². The molecular formula is C28H38N4O4S2. The van der Waals surface area contributed by atoms with Gasteiger partial charge in [-0.15, -0.1) is 0 Å². The van der Waals surface area contributed by atoms with Gasteiger partial charge in [0.2, 0.25) is 5.91 Å². The number of amides is 1. The zero-order valence-corrected chi connectivity index (χ0v) is 24.3. The largest absolute Gasteiger partial charge is 0.353 e. The number of aromatic nitrogens is 1. The van der Waals surface area contributed by atoms with E-state index >= 15 is 0 Å². The predicted molar refractivity (Wildman–Crippen MR) is 156 cm³/mol. The van der Waals surface area contributed by atoms with Crippen molar-refractivity contribution in [1.29, 1.82) is 0 Å². The number of anilines is 2. The van der Waals surface area contributed by atoms with E-state index in [2.05, 4.69) is 66.1 Å². The molecule has 2 aromatic carbocycles. The summed E-state index contributed by atoms with van der Waals surface area (Å²) in [5.74, 6) is 1.30. The number of rotatable bonds is 5. The maximum absolute atomic E-state index is 12.2. The fourth-order valence-electron chi connectivity index (χ4n) is 5.36. The number of hydrogen-bond acceptors (Lipinski definition) is 7. The standard InChI is InChI=1S/C27H34N4OS.CH4O3S/c1-20(32)31-19-27(2,3)18-22-17-21(10-11-24(22)31)7-6-12-29-13-15-30(16-14-29)26-23-8-4-5-9-25(23)33-28-26;1-5(2,3)4/h4-5,8-11,17H,6-7,12-16,18-19H2,1-3H3;1H3,(H,2,3,4). The van der Waals surface area contributed by atoms with Crippen LogP contribution in [-0.4, -0.2) is 73.7 Å². The molecule has 1 N–H and O–H groups in total. The highest BCUT2D eigenvalue weighted by atomic mass is 32.2. The summed E-state index contributed by atoms with van der Waals surface area (Å²) in [6.45, 7) is 12.4. The molecular weight excluding hydrogens is 520 g/mol. The summed E-state index contributed by atoms with van der Waals surface area (Å²) < 4.78 is 31.9. The smallest absolute Gasteiger partial charge is 0.261 e. The van der Waals surface area contributed by atoms with Crippen molar-refractivity contribution in [3.63, 3.8) is 0 Å². The summed E-state index contributed by atoms with van der Waals surface area (Å²) in [7, 11) is -3.67. The Morgan fingerprint density at radius 3 is 2.47 bits per heavy atom. The van der Waals surface area contributed by atoms with Crippen molar-refractivity contribution in [1.82, 2.24) is 9.27 Å². The van der Waals surface area contributed by atoms with E-state index in [1.54, 1.807) is 18.5 Å². The molecule has 1 amide bonds. The number of aryl methyl sites for hydroxylation is 1. The lowest BCUT2D eigenvalue weighted by molar-refractivity contribution is -0.117. The van der Waals surface area contributed by atoms with E-state index in [1.807, 2.05) is 4.90 Å². The zero-order chi connectivity index (χ0) is 27.5. The lowest BCUT2D eigenvalue weighted by Crippen LogP contribution is -2.46. The Morgan fingerprint density at radius 1 is 1.11 bits per heavy atom. The molecule has 0 aliphatic carbocycles. The summed E-state index contributed by atoms with van der Waals surface area (Å²) >= 11 is 1.60. The first-order chi connectivity index (χ1) is 17.9. The second kappa shape index (κ2) is 11.7. The Morgan fingerprint density at radius 2 is 1.79 bits per heavy atom. The molecule has 0 unspecified atom stereocenters. The Balaban J connectivity index is 0.000000617. The van der Waals surface area contributed by atoms with E-state index in [0.717, 1.165) is 70.0 Å². The lowest BCUT2D eigenvalue weighted by Gasteiger charge is -2.39. The first-order valence-electron chi connectivity index (χ1n) is 13.0. The lowest BCUT2D eigenvalue weighted by atomic mass is 9.80. The van der Waals surface area contributed by atoms with Crippen LogP contribution in [0.5, 0.6) is 0 Å². The third-order valence-electron chi connectivity index (χ3n) is 7.04. The maximum atomic E-state index is 12.2. The highest BCUT2D eigenvalue weighted by Crippen LogP contribution is 2.37. The summed E-state index contributed by atoms with van der Waals surface area (Å²) in [6.07, 6.45) is 4.00. The summed E-state index contributed by atoms with van der Waals surface area (Å²) in [5.41, 5.74) is 3.95. The van der Waals surface area contributed by atoms with Gasteiger partial charge in [-0.25, -0.2) is 0 Å². The van der Waals surface area contributed by atoms with Crippen LogP contribution in [0.4, 0.5) is 11.5 Å². The van der Waals surface area contributed by atoms with Gasteiger partial charge in [0.25, 0.3) is 10.1 Å². The highest BCUT2D eigenvalue weighted by Gasteiger charge is 2.32. The molecule has 0 saturated carbocycles. The highest BCUT2D eigenvalue weighted by molar-refractivity contribution is 7.85. The van der Waals surface area contributed by atoms with Gasteiger partial charge in [0.1, 0.15) is 5.82 Å². The fraction of sp³-hybridized carbons (Fsp3) is 0.500. The molecule has 206 valence electrons. The van der Waals surface area contributed by atoms with E-state index in [1.165, 1.54) is 21.2 Å². The van der Waals surface area contributed by atoms with Crippen LogP contribution in [0.1, 0.15) is 38.3 Å². The van der Waals surface area contributed by atoms with Gasteiger partial charge < -0.3 is 9.80 Å². The molecule has 10 heteroatoms. The van der Waals surface area contributed by atoms with Gasteiger partial charge in [-0.05, 0) is 72.1 Å². The minimum atomic E-state index is -3.67. The quantitative estimate of drug-likeness (QED) is 0.461. The minimum Gasteiger partial charge on any atom is -0.353 e. The molecule has 5 rings (SSSR count). The second-order valence-electron chi connectivity index (χ2n) is 11.1. The Hall–Kier alpha value is -2.53. The van der Waals surface area contributed by atoms with Crippen molar-refractivity contribution >= 4 is 49.1 Å². The first kappa shape index (κ1) is 28.5. The van der Waals surface area contributed by atoms with Gasteiger partial charge >= 0.3 is 0 Å². The van der Waals surface area contributed by atoms with Crippen molar-refractivity contribution in [2.24, 2.45) is 5.41 Å². The van der Waals surface area contributed by atoms with E-state index in [4.69, 9.17) is 8.93 Å². The van der Waals surface area contributed by atoms with E-state index in [0.29, 0.717) is 6.26 Å². The third kappa shape index (κ3) is 7.53. The minimum absolute atomic E-state index is 0.125. The molecule has 0 atom stereocenters. The fourth-order valence-corrected chi connectivity index (χ4v) is 6.15. The third-order valence-corrected chi connectivity index (χ3v) is 7.86. The summed E-state index contributed by atoms with van der Waals surface area (Å²) in [6, 6.07) is 15.3. The van der Waals surface area contributed by atoms with Gasteiger partial charge in [0.05, 0.1) is 11.0 Å². The van der Waals surface area contributed by atoms with Gasteiger partial charge in [0.15, 0.2) is 0 Å². The molecule has 3 aromatic rings. The average molecular weight is 559 g/mol. The van der Waals surface area contributed by atoms with Crippen LogP contribution in [0.25, 0.3) is 10.1 Å². The molecule has 8 nitrogen and oxygen atoms in total. The van der Waals surface area contributed by atoms with Gasteiger partial charge in [-0.1, -0.05) is 38.1 Å². The van der Waals surface area contributed by atoms with Crippen LogP contribution in [0.15, 0.2) is 42.5 Å². The molecule has 0 bridgehead atoms. The topological polar surface area (TPSA) is 94.1 Å². The van der Waals surface area contributed by atoms with Gasteiger partial charge in [0, 0.05) is 50.7 Å². The molecule has 1 saturated heterocycles. The van der Waals surface area contributed by atoms with Crippen molar-refractivity contribution < 1.29 is 17.8 Å². The second-order valence-corrected chi connectivity index (χ2v) is 13.3. The number of nitrogens with zero attached hydrogens (tertiary/aromatic N) is 4. The number of benzene rings is 2.